The lowest BCUT2D eigenvalue weighted by Gasteiger charge is -2.26. The normalized spacial score (nSPS) is 15.4. The number of amides is 1. The van der Waals surface area contributed by atoms with Crippen LogP contribution in [0, 0.1) is 13.8 Å². The number of nitrogens with one attached hydrogen (secondary N) is 1. The van der Waals surface area contributed by atoms with E-state index in [1.54, 1.807) is 0 Å². The Kier molecular flexibility index (Phi) is 5.30. The average molecular weight is 326 g/mol. The molecule has 1 fully saturated rings. The third-order valence-electron chi connectivity index (χ3n) is 4.55. The van der Waals surface area contributed by atoms with E-state index in [2.05, 4.69) is 15.3 Å². The van der Waals surface area contributed by atoms with E-state index in [9.17, 15) is 4.79 Å². The molecule has 3 rings (SSSR count). The van der Waals surface area contributed by atoms with Crippen molar-refractivity contribution < 1.29 is 4.79 Å². The third-order valence-corrected chi connectivity index (χ3v) is 4.55. The van der Waals surface area contributed by atoms with Crippen LogP contribution in [-0.4, -0.2) is 46.8 Å². The molecule has 0 unspecified atom stereocenters. The fourth-order valence-corrected chi connectivity index (χ4v) is 3.26. The van der Waals surface area contributed by atoms with Gasteiger partial charge < -0.3 is 10.2 Å². The van der Waals surface area contributed by atoms with Crippen molar-refractivity contribution >= 4 is 5.91 Å². The van der Waals surface area contributed by atoms with Crippen LogP contribution in [0.25, 0.3) is 5.69 Å². The molecule has 1 aromatic heterocycles. The summed E-state index contributed by atoms with van der Waals surface area (Å²) in [5.41, 5.74) is 3.75. The van der Waals surface area contributed by atoms with E-state index < -0.39 is 0 Å². The molecule has 5 nitrogen and oxygen atoms in total. The van der Waals surface area contributed by atoms with Gasteiger partial charge in [0.05, 0.1) is 11.4 Å². The molecule has 1 saturated heterocycles. The van der Waals surface area contributed by atoms with Crippen molar-refractivity contribution in [2.24, 2.45) is 0 Å². The largest absolute Gasteiger partial charge is 0.351 e. The first-order valence-electron chi connectivity index (χ1n) is 8.78. The van der Waals surface area contributed by atoms with Crippen LogP contribution >= 0.6 is 0 Å². The Hall–Kier alpha value is -2.14. The highest BCUT2D eigenvalue weighted by atomic mass is 16.1. The maximum Gasteiger partial charge on any atom is 0.251 e. The quantitative estimate of drug-likeness (QED) is 0.919. The van der Waals surface area contributed by atoms with Gasteiger partial charge >= 0.3 is 0 Å². The number of nitrogens with zero attached hydrogens (tertiary/aromatic N) is 3. The van der Waals surface area contributed by atoms with Crippen LogP contribution < -0.4 is 5.32 Å². The van der Waals surface area contributed by atoms with E-state index in [0.29, 0.717) is 12.1 Å². The second-order valence-electron chi connectivity index (χ2n) is 6.54. The first-order valence-corrected chi connectivity index (χ1v) is 8.78. The van der Waals surface area contributed by atoms with Crippen molar-refractivity contribution in [1.29, 1.82) is 0 Å². The molecule has 5 heteroatoms. The predicted molar refractivity (Wildman–Crippen MR) is 95.7 cm³/mol. The number of piperidine rings is 1. The highest BCUT2D eigenvalue weighted by Gasteiger charge is 2.11. The summed E-state index contributed by atoms with van der Waals surface area (Å²) in [5, 5.41) is 7.48. The first-order chi connectivity index (χ1) is 11.6. The number of aromatic nitrogens is 2. The van der Waals surface area contributed by atoms with Gasteiger partial charge in [-0.05, 0) is 70.1 Å². The van der Waals surface area contributed by atoms with Crippen LogP contribution in [-0.2, 0) is 0 Å². The van der Waals surface area contributed by atoms with Gasteiger partial charge in [-0.25, -0.2) is 4.68 Å². The van der Waals surface area contributed by atoms with Crippen molar-refractivity contribution in [3.8, 4) is 5.69 Å². The van der Waals surface area contributed by atoms with Crippen molar-refractivity contribution in [2.45, 2.75) is 33.1 Å². The van der Waals surface area contributed by atoms with E-state index >= 15 is 0 Å². The van der Waals surface area contributed by atoms with Gasteiger partial charge in [0.1, 0.15) is 0 Å². The Morgan fingerprint density at radius 2 is 1.83 bits per heavy atom. The second kappa shape index (κ2) is 7.62. The summed E-state index contributed by atoms with van der Waals surface area (Å²) in [4.78, 5) is 14.7. The lowest BCUT2D eigenvalue weighted by atomic mass is 10.1. The minimum atomic E-state index is -0.00747. The molecule has 24 heavy (non-hydrogen) atoms. The van der Waals surface area contributed by atoms with Gasteiger partial charge in [0, 0.05) is 24.3 Å². The monoisotopic (exact) mass is 326 g/mol. The minimum absolute atomic E-state index is 0.00747. The summed E-state index contributed by atoms with van der Waals surface area (Å²) in [6, 6.07) is 9.66. The highest BCUT2D eigenvalue weighted by molar-refractivity contribution is 5.94. The summed E-state index contributed by atoms with van der Waals surface area (Å²) in [5.74, 6) is -0.00747. The van der Waals surface area contributed by atoms with Crippen LogP contribution in [0.15, 0.2) is 30.3 Å². The molecule has 2 aromatic rings. The maximum absolute atomic E-state index is 12.3. The fourth-order valence-electron chi connectivity index (χ4n) is 3.26. The second-order valence-corrected chi connectivity index (χ2v) is 6.54. The van der Waals surface area contributed by atoms with Crippen LogP contribution in [0.5, 0.6) is 0 Å². The molecule has 128 valence electrons. The summed E-state index contributed by atoms with van der Waals surface area (Å²) < 4.78 is 1.90. The summed E-state index contributed by atoms with van der Waals surface area (Å²) in [6.07, 6.45) is 3.90. The number of rotatable bonds is 5. The minimum Gasteiger partial charge on any atom is -0.351 e. The smallest absolute Gasteiger partial charge is 0.251 e. The summed E-state index contributed by atoms with van der Waals surface area (Å²) in [6.45, 7) is 7.98. The molecule has 0 spiro atoms. The Labute approximate surface area is 143 Å². The topological polar surface area (TPSA) is 50.2 Å². The number of benzene rings is 1. The van der Waals surface area contributed by atoms with E-state index in [1.165, 1.54) is 19.3 Å². The Bertz CT molecular complexity index is 684. The molecule has 1 aliphatic heterocycles. The van der Waals surface area contributed by atoms with Crippen LogP contribution in [0.4, 0.5) is 0 Å². The highest BCUT2D eigenvalue weighted by Crippen LogP contribution is 2.13. The summed E-state index contributed by atoms with van der Waals surface area (Å²) in [7, 11) is 0. The van der Waals surface area contributed by atoms with Gasteiger partial charge in [-0.3, -0.25) is 4.79 Å². The Morgan fingerprint density at radius 3 is 2.46 bits per heavy atom. The van der Waals surface area contributed by atoms with Gasteiger partial charge in [-0.2, -0.15) is 5.10 Å². The molecule has 0 aliphatic carbocycles. The molecule has 1 amide bonds. The number of aryl methyl sites for hydroxylation is 2. The zero-order valence-electron chi connectivity index (χ0n) is 14.6. The molecular formula is C19H26N4O. The van der Waals surface area contributed by atoms with Crippen molar-refractivity contribution in [3.63, 3.8) is 0 Å². The molecule has 0 bridgehead atoms. The average Bonchev–Trinajstić information content (AvgIpc) is 2.94. The molecule has 1 aliphatic rings. The number of likely N-dealkylation sites (tertiary alicyclic amines) is 1. The van der Waals surface area contributed by atoms with Gasteiger partial charge in [0.15, 0.2) is 0 Å². The zero-order chi connectivity index (χ0) is 16.9. The number of hydrogen-bond donors (Lipinski definition) is 1. The fraction of sp³-hybridized carbons (Fsp3) is 0.474. The zero-order valence-corrected chi connectivity index (χ0v) is 14.6. The lowest BCUT2D eigenvalue weighted by molar-refractivity contribution is 0.0946. The lowest BCUT2D eigenvalue weighted by Crippen LogP contribution is -2.37. The van der Waals surface area contributed by atoms with Gasteiger partial charge in [-0.15, -0.1) is 0 Å². The molecular weight excluding hydrogens is 300 g/mol. The summed E-state index contributed by atoms with van der Waals surface area (Å²) >= 11 is 0. The van der Waals surface area contributed by atoms with Crippen LogP contribution in [0.1, 0.15) is 41.0 Å². The molecule has 0 atom stereocenters. The van der Waals surface area contributed by atoms with Gasteiger partial charge in [-0.1, -0.05) is 6.42 Å². The first kappa shape index (κ1) is 16.7. The number of carbonyl (C=O) groups is 1. The number of carbonyl (C=O) groups excluding carboxylic acids is 1. The van der Waals surface area contributed by atoms with Crippen molar-refractivity contribution in [2.75, 3.05) is 26.2 Å². The molecule has 1 aromatic carbocycles. The van der Waals surface area contributed by atoms with Crippen molar-refractivity contribution in [1.82, 2.24) is 20.0 Å². The van der Waals surface area contributed by atoms with Gasteiger partial charge in [0.25, 0.3) is 5.91 Å². The number of hydrogen-bond acceptors (Lipinski definition) is 3. The standard InChI is InChI=1S/C19H26N4O/c1-15-14-16(2)23(21-15)18-8-6-17(7-9-18)19(24)20-10-13-22-11-4-3-5-12-22/h6-9,14H,3-5,10-13H2,1-2H3,(H,20,24). The molecule has 0 radical (unpaired) electrons. The molecule has 2 heterocycles. The predicted octanol–water partition coefficient (Wildman–Crippen LogP) is 2.70. The van der Waals surface area contributed by atoms with E-state index in [-0.39, 0.29) is 5.91 Å². The SMILES string of the molecule is Cc1cc(C)n(-c2ccc(C(=O)NCCN3CCCCC3)cc2)n1. The van der Waals surface area contributed by atoms with E-state index in [1.807, 2.05) is 48.9 Å². The van der Waals surface area contributed by atoms with E-state index in [0.717, 1.165) is 36.7 Å². The molecule has 1 N–H and O–H groups in total. The van der Waals surface area contributed by atoms with Gasteiger partial charge in [0.2, 0.25) is 0 Å². The van der Waals surface area contributed by atoms with Crippen LogP contribution in [0.2, 0.25) is 0 Å². The Balaban J connectivity index is 1.54. The third kappa shape index (κ3) is 4.03. The Morgan fingerprint density at radius 1 is 1.12 bits per heavy atom. The van der Waals surface area contributed by atoms with Crippen molar-refractivity contribution in [3.05, 3.63) is 47.3 Å². The maximum atomic E-state index is 12.3. The van der Waals surface area contributed by atoms with Crippen LogP contribution in [0.3, 0.4) is 0 Å². The molecule has 0 saturated carbocycles. The van der Waals surface area contributed by atoms with E-state index in [4.69, 9.17) is 0 Å².